The predicted molar refractivity (Wildman–Crippen MR) is 75.8 cm³/mol. The van der Waals surface area contributed by atoms with Crippen LogP contribution in [0.25, 0.3) is 0 Å². The third-order valence-electron chi connectivity index (χ3n) is 3.63. The molecule has 100 valence electrons. The van der Waals surface area contributed by atoms with Gasteiger partial charge in [0.25, 0.3) is 0 Å². The van der Waals surface area contributed by atoms with Crippen LogP contribution in [0.15, 0.2) is 17.5 Å². The van der Waals surface area contributed by atoms with E-state index in [1.807, 2.05) is 24.6 Å². The first-order valence-corrected chi connectivity index (χ1v) is 7.67. The standard InChI is InChI=1S/C14H22N2OS/c1-3-9-16(11-6-4-7-11)14(17)13(15-2)12-8-5-10-18-12/h5,8,10-11,13,15H,3-4,6-7,9H2,1-2H3. The second kappa shape index (κ2) is 6.34. The van der Waals surface area contributed by atoms with Gasteiger partial charge in [0.05, 0.1) is 0 Å². The zero-order valence-corrected chi connectivity index (χ0v) is 12.0. The molecule has 0 aromatic carbocycles. The number of nitrogens with one attached hydrogen (secondary N) is 1. The van der Waals surface area contributed by atoms with Gasteiger partial charge in [-0.05, 0) is 44.2 Å². The monoisotopic (exact) mass is 266 g/mol. The van der Waals surface area contributed by atoms with E-state index in [0.29, 0.717) is 6.04 Å². The van der Waals surface area contributed by atoms with Gasteiger partial charge in [0.2, 0.25) is 5.91 Å². The molecule has 1 heterocycles. The maximum absolute atomic E-state index is 12.7. The van der Waals surface area contributed by atoms with E-state index in [2.05, 4.69) is 17.1 Å². The number of thiophene rings is 1. The van der Waals surface area contributed by atoms with Crippen LogP contribution in [-0.2, 0) is 4.79 Å². The van der Waals surface area contributed by atoms with Crippen LogP contribution < -0.4 is 5.32 Å². The quantitative estimate of drug-likeness (QED) is 0.858. The molecule has 4 heteroatoms. The Morgan fingerprint density at radius 2 is 2.39 bits per heavy atom. The highest BCUT2D eigenvalue weighted by molar-refractivity contribution is 7.10. The topological polar surface area (TPSA) is 32.3 Å². The van der Waals surface area contributed by atoms with Crippen molar-refractivity contribution < 1.29 is 4.79 Å². The van der Waals surface area contributed by atoms with Gasteiger partial charge in [0, 0.05) is 17.5 Å². The second-order valence-electron chi connectivity index (χ2n) is 4.85. The molecule has 1 fully saturated rings. The Balaban J connectivity index is 2.10. The summed E-state index contributed by atoms with van der Waals surface area (Å²) in [5.41, 5.74) is 0. The molecule has 0 radical (unpaired) electrons. The fraction of sp³-hybridized carbons (Fsp3) is 0.643. The van der Waals surface area contributed by atoms with E-state index in [1.165, 1.54) is 19.3 Å². The molecular weight excluding hydrogens is 244 g/mol. The van der Waals surface area contributed by atoms with E-state index >= 15 is 0 Å². The minimum absolute atomic E-state index is 0.169. The molecular formula is C14H22N2OS. The van der Waals surface area contributed by atoms with Gasteiger partial charge in [0.15, 0.2) is 0 Å². The van der Waals surface area contributed by atoms with Crippen molar-refractivity contribution in [2.24, 2.45) is 0 Å². The van der Waals surface area contributed by atoms with Gasteiger partial charge in [-0.25, -0.2) is 0 Å². The molecule has 0 saturated heterocycles. The largest absolute Gasteiger partial charge is 0.338 e. The highest BCUT2D eigenvalue weighted by atomic mass is 32.1. The first-order chi connectivity index (χ1) is 8.77. The molecule has 1 aromatic rings. The van der Waals surface area contributed by atoms with Crippen molar-refractivity contribution in [3.8, 4) is 0 Å². The number of amides is 1. The van der Waals surface area contributed by atoms with E-state index < -0.39 is 0 Å². The van der Waals surface area contributed by atoms with E-state index in [9.17, 15) is 4.79 Å². The smallest absolute Gasteiger partial charge is 0.245 e. The molecule has 1 aromatic heterocycles. The van der Waals surface area contributed by atoms with Crippen LogP contribution >= 0.6 is 11.3 Å². The number of hydrogen-bond donors (Lipinski definition) is 1. The fourth-order valence-corrected chi connectivity index (χ4v) is 3.25. The Morgan fingerprint density at radius 1 is 1.61 bits per heavy atom. The van der Waals surface area contributed by atoms with E-state index in [1.54, 1.807) is 11.3 Å². The average Bonchev–Trinajstić information content (AvgIpc) is 2.80. The number of rotatable bonds is 6. The lowest BCUT2D eigenvalue weighted by Crippen LogP contribution is -2.48. The molecule has 1 aliphatic carbocycles. The van der Waals surface area contributed by atoms with Crippen molar-refractivity contribution in [2.75, 3.05) is 13.6 Å². The molecule has 0 spiro atoms. The molecule has 1 atom stereocenters. The Labute approximate surface area is 113 Å². The Kier molecular flexibility index (Phi) is 4.78. The lowest BCUT2D eigenvalue weighted by molar-refractivity contribution is -0.137. The third kappa shape index (κ3) is 2.75. The van der Waals surface area contributed by atoms with Crippen LogP contribution in [0, 0.1) is 0 Å². The number of carbonyl (C=O) groups excluding carboxylic acids is 1. The van der Waals surface area contributed by atoms with Crippen LogP contribution in [0.2, 0.25) is 0 Å². The van der Waals surface area contributed by atoms with Crippen LogP contribution in [0.1, 0.15) is 43.5 Å². The highest BCUT2D eigenvalue weighted by Gasteiger charge is 2.32. The van der Waals surface area contributed by atoms with E-state index in [-0.39, 0.29) is 11.9 Å². The second-order valence-corrected chi connectivity index (χ2v) is 5.83. The molecule has 1 N–H and O–H groups in total. The summed E-state index contributed by atoms with van der Waals surface area (Å²) in [7, 11) is 1.87. The van der Waals surface area contributed by atoms with Crippen LogP contribution in [0.5, 0.6) is 0 Å². The minimum atomic E-state index is -0.169. The summed E-state index contributed by atoms with van der Waals surface area (Å²) in [6, 6.07) is 4.35. The van der Waals surface area contributed by atoms with Crippen molar-refractivity contribution >= 4 is 17.2 Å². The molecule has 0 bridgehead atoms. The maximum Gasteiger partial charge on any atom is 0.245 e. The normalized spacial score (nSPS) is 17.2. The Bertz CT molecular complexity index is 373. The third-order valence-corrected chi connectivity index (χ3v) is 4.56. The number of carbonyl (C=O) groups is 1. The summed E-state index contributed by atoms with van der Waals surface area (Å²) < 4.78 is 0. The van der Waals surface area contributed by atoms with Crippen molar-refractivity contribution in [3.05, 3.63) is 22.4 Å². The zero-order chi connectivity index (χ0) is 13.0. The first-order valence-electron chi connectivity index (χ1n) is 6.79. The summed E-state index contributed by atoms with van der Waals surface area (Å²) in [6.45, 7) is 3.02. The van der Waals surface area contributed by atoms with Crippen molar-refractivity contribution in [2.45, 2.75) is 44.7 Å². The predicted octanol–water partition coefficient (Wildman–Crippen LogP) is 2.80. The van der Waals surface area contributed by atoms with Gasteiger partial charge in [0.1, 0.15) is 6.04 Å². The number of nitrogens with zero attached hydrogens (tertiary/aromatic N) is 1. The highest BCUT2D eigenvalue weighted by Crippen LogP contribution is 2.29. The van der Waals surface area contributed by atoms with Crippen LogP contribution in [-0.4, -0.2) is 30.4 Å². The van der Waals surface area contributed by atoms with Crippen molar-refractivity contribution in [1.29, 1.82) is 0 Å². The van der Waals surface area contributed by atoms with Crippen molar-refractivity contribution in [3.63, 3.8) is 0 Å². The number of likely N-dealkylation sites (N-methyl/N-ethyl adjacent to an activating group) is 1. The minimum Gasteiger partial charge on any atom is -0.338 e. The van der Waals surface area contributed by atoms with Crippen molar-refractivity contribution in [1.82, 2.24) is 10.2 Å². The number of hydrogen-bond acceptors (Lipinski definition) is 3. The molecule has 1 saturated carbocycles. The Hall–Kier alpha value is -0.870. The van der Waals surface area contributed by atoms with Gasteiger partial charge < -0.3 is 10.2 Å². The molecule has 1 amide bonds. The maximum atomic E-state index is 12.7. The SMILES string of the molecule is CCCN(C(=O)C(NC)c1cccs1)C1CCC1. The average molecular weight is 266 g/mol. The van der Waals surface area contributed by atoms with Crippen LogP contribution in [0.3, 0.4) is 0 Å². The molecule has 2 rings (SSSR count). The lowest BCUT2D eigenvalue weighted by Gasteiger charge is -2.39. The summed E-state index contributed by atoms with van der Waals surface area (Å²) in [5.74, 6) is 0.242. The lowest BCUT2D eigenvalue weighted by atomic mass is 9.90. The summed E-state index contributed by atoms with van der Waals surface area (Å²) in [6.07, 6.45) is 4.64. The van der Waals surface area contributed by atoms with Gasteiger partial charge >= 0.3 is 0 Å². The van der Waals surface area contributed by atoms with Gasteiger partial charge in [-0.2, -0.15) is 0 Å². The molecule has 18 heavy (non-hydrogen) atoms. The summed E-state index contributed by atoms with van der Waals surface area (Å²) in [5, 5.41) is 5.19. The van der Waals surface area contributed by atoms with E-state index in [4.69, 9.17) is 0 Å². The Morgan fingerprint density at radius 3 is 2.83 bits per heavy atom. The first kappa shape index (κ1) is 13.6. The molecule has 0 aliphatic heterocycles. The fourth-order valence-electron chi connectivity index (χ4n) is 2.42. The van der Waals surface area contributed by atoms with Gasteiger partial charge in [-0.15, -0.1) is 11.3 Å². The molecule has 1 aliphatic rings. The van der Waals surface area contributed by atoms with Gasteiger partial charge in [-0.3, -0.25) is 4.79 Å². The zero-order valence-electron chi connectivity index (χ0n) is 11.2. The van der Waals surface area contributed by atoms with E-state index in [0.717, 1.165) is 17.8 Å². The van der Waals surface area contributed by atoms with Crippen LogP contribution in [0.4, 0.5) is 0 Å². The molecule has 3 nitrogen and oxygen atoms in total. The molecule has 1 unspecified atom stereocenters. The van der Waals surface area contributed by atoms with Gasteiger partial charge in [-0.1, -0.05) is 13.0 Å². The summed E-state index contributed by atoms with van der Waals surface area (Å²) >= 11 is 1.65. The summed E-state index contributed by atoms with van der Waals surface area (Å²) in [4.78, 5) is 15.9.